The number of rotatable bonds is 10. The van der Waals surface area contributed by atoms with Crippen molar-refractivity contribution in [2.45, 2.75) is 55.5 Å². The van der Waals surface area contributed by atoms with Gasteiger partial charge in [0.15, 0.2) is 5.82 Å². The van der Waals surface area contributed by atoms with E-state index in [2.05, 4.69) is 47.3 Å². The van der Waals surface area contributed by atoms with Crippen molar-refractivity contribution in [3.63, 3.8) is 0 Å². The number of halogens is 3. The van der Waals surface area contributed by atoms with Crippen molar-refractivity contribution in [2.24, 2.45) is 11.3 Å². The summed E-state index contributed by atoms with van der Waals surface area (Å²) < 4.78 is 75.1. The molecule has 14 heteroatoms. The molecular weight excluding hydrogens is 615 g/mol. The van der Waals surface area contributed by atoms with Gasteiger partial charge >= 0.3 is 6.18 Å². The number of carbonyl (C=O) groups excluding carboxylic acids is 1. The van der Waals surface area contributed by atoms with Crippen LogP contribution in [0.1, 0.15) is 49.9 Å². The molecule has 2 aliphatic rings. The van der Waals surface area contributed by atoms with Gasteiger partial charge in [-0.05, 0) is 81.6 Å². The molecule has 2 atom stereocenters. The Morgan fingerprint density at radius 3 is 2.39 bits per heavy atom. The summed E-state index contributed by atoms with van der Waals surface area (Å²) in [6.07, 6.45) is 4.87. The van der Waals surface area contributed by atoms with E-state index < -0.39 is 37.5 Å². The zero-order chi connectivity index (χ0) is 32.1. The summed E-state index contributed by atoms with van der Waals surface area (Å²) in [5.41, 5.74) is -1.56. The number of hydrogen-bond acceptors (Lipinski definition) is 7. The minimum atomic E-state index is -4.25. The van der Waals surface area contributed by atoms with Crippen molar-refractivity contribution in [2.75, 3.05) is 36.8 Å². The Bertz CT molecular complexity index is 1640. The van der Waals surface area contributed by atoms with Gasteiger partial charge in [0.2, 0.25) is 5.88 Å². The minimum absolute atomic E-state index is 0.0369. The number of anilines is 1. The lowest BCUT2D eigenvalue weighted by Gasteiger charge is -2.50. The van der Waals surface area contributed by atoms with Crippen LogP contribution in [0.3, 0.4) is 0 Å². The topological polar surface area (TPSA) is 106 Å². The molecule has 3 heterocycles. The Labute approximate surface area is 257 Å². The Morgan fingerprint density at radius 2 is 1.77 bits per heavy atom. The molecule has 3 aromatic rings. The van der Waals surface area contributed by atoms with Crippen LogP contribution in [0.4, 0.5) is 19.0 Å². The average Bonchev–Trinajstić information content (AvgIpc) is 3.48. The lowest BCUT2D eigenvalue weighted by molar-refractivity contribution is -0.190. The van der Waals surface area contributed by atoms with Crippen LogP contribution in [0.5, 0.6) is 5.88 Å². The molecule has 2 aromatic heterocycles. The lowest BCUT2D eigenvalue weighted by Crippen LogP contribution is -2.46. The first-order valence-electron chi connectivity index (χ1n) is 14.3. The largest absolute Gasteiger partial charge is 0.477 e. The molecule has 0 radical (unpaired) electrons. The van der Waals surface area contributed by atoms with Crippen molar-refractivity contribution < 1.29 is 31.1 Å². The van der Waals surface area contributed by atoms with Gasteiger partial charge in [-0.1, -0.05) is 25.1 Å². The summed E-state index contributed by atoms with van der Waals surface area (Å²) >= 11 is 0. The van der Waals surface area contributed by atoms with Gasteiger partial charge in [-0.15, -0.1) is 5.10 Å². The SMILES string of the molecule is C[C@@H]1CN(c2nc(-n3ccc(OCCC4(C(F)(F)F)CC4)n3)ccc2C(=O)NS(=O)(=O)c2ccccc2)[C@@](C)(S(C)(C)C)C1. The Hall–Kier alpha value is -3.26. The number of nitrogens with one attached hydrogen (secondary N) is 1. The predicted octanol–water partition coefficient (Wildman–Crippen LogP) is 5.75. The predicted molar refractivity (Wildman–Crippen MR) is 165 cm³/mol. The first-order chi connectivity index (χ1) is 20.5. The number of amides is 1. The number of aromatic nitrogens is 3. The number of benzene rings is 1. The van der Waals surface area contributed by atoms with Crippen molar-refractivity contribution in [1.29, 1.82) is 0 Å². The molecule has 0 spiro atoms. The van der Waals surface area contributed by atoms with E-state index in [4.69, 9.17) is 9.72 Å². The summed E-state index contributed by atoms with van der Waals surface area (Å²) in [6.45, 7) is 4.77. The average molecular weight is 654 g/mol. The van der Waals surface area contributed by atoms with Gasteiger partial charge in [0.05, 0.1) is 27.4 Å². The molecule has 5 rings (SSSR count). The molecule has 1 aliphatic carbocycles. The lowest BCUT2D eigenvalue weighted by atomic mass is 10.0. The number of pyridine rings is 1. The first-order valence-corrected chi connectivity index (χ1v) is 18.6. The molecule has 1 saturated heterocycles. The normalized spacial score (nSPS) is 22.1. The van der Waals surface area contributed by atoms with E-state index in [9.17, 15) is 26.4 Å². The van der Waals surface area contributed by atoms with Crippen LogP contribution in [0.2, 0.25) is 0 Å². The minimum Gasteiger partial charge on any atom is -0.477 e. The second-order valence-electron chi connectivity index (χ2n) is 12.7. The number of nitrogens with zero attached hydrogens (tertiary/aromatic N) is 4. The molecule has 0 bridgehead atoms. The maximum atomic E-state index is 13.6. The van der Waals surface area contributed by atoms with E-state index in [1.807, 2.05) is 0 Å². The van der Waals surface area contributed by atoms with Crippen molar-refractivity contribution >= 4 is 31.8 Å². The fourth-order valence-electron chi connectivity index (χ4n) is 5.69. The smallest absolute Gasteiger partial charge is 0.394 e. The van der Waals surface area contributed by atoms with Gasteiger partial charge in [0.1, 0.15) is 5.82 Å². The number of sulfonamides is 1. The van der Waals surface area contributed by atoms with E-state index in [0.717, 1.165) is 6.42 Å². The molecule has 1 amide bonds. The molecular formula is C30H38F3N5O4S2. The summed E-state index contributed by atoms with van der Waals surface area (Å²) in [4.78, 5) is 20.2. The highest BCUT2D eigenvalue weighted by Crippen LogP contribution is 2.60. The van der Waals surface area contributed by atoms with Crippen LogP contribution in [-0.4, -0.2) is 72.1 Å². The summed E-state index contributed by atoms with van der Waals surface area (Å²) in [6, 6.07) is 12.3. The molecule has 9 nitrogen and oxygen atoms in total. The van der Waals surface area contributed by atoms with Crippen molar-refractivity contribution in [3.05, 3.63) is 60.3 Å². The van der Waals surface area contributed by atoms with Crippen LogP contribution in [0, 0.1) is 11.3 Å². The summed E-state index contributed by atoms with van der Waals surface area (Å²) in [5.74, 6) is 0.309. The molecule has 1 aromatic carbocycles. The van der Waals surface area contributed by atoms with Crippen LogP contribution in [0.25, 0.3) is 5.82 Å². The Balaban J connectivity index is 1.46. The van der Waals surface area contributed by atoms with E-state index >= 15 is 0 Å². The maximum absolute atomic E-state index is 13.6. The van der Waals surface area contributed by atoms with Crippen LogP contribution in [0.15, 0.2) is 59.6 Å². The summed E-state index contributed by atoms with van der Waals surface area (Å²) in [5, 5.41) is 4.36. The highest BCUT2D eigenvalue weighted by atomic mass is 32.3. The van der Waals surface area contributed by atoms with Crippen molar-refractivity contribution in [3.8, 4) is 11.7 Å². The van der Waals surface area contributed by atoms with Gasteiger partial charge in [-0.3, -0.25) is 4.79 Å². The van der Waals surface area contributed by atoms with Gasteiger partial charge in [0.25, 0.3) is 15.9 Å². The van der Waals surface area contributed by atoms with Crippen LogP contribution >= 0.6 is 10.0 Å². The number of alkyl halides is 3. The third kappa shape index (κ3) is 6.15. The standard InChI is InChI=1S/C30H38F3N5O4S2/c1-21-19-28(2,43(3,4)5)37(20-21)26-23(27(39)36-44(40,41)22-9-7-6-8-10-22)11-12-24(34-26)38-17-13-25(35-38)42-18-16-29(14-15-29)30(31,32)33/h6-13,17,21H,14-16,18-20H2,1-5H3,(H,36,39)/t21-,28-/m0/s1. The maximum Gasteiger partial charge on any atom is 0.394 e. The number of ether oxygens (including phenoxy) is 1. The second-order valence-corrected chi connectivity index (χ2v) is 18.9. The second kappa shape index (κ2) is 11.3. The molecule has 240 valence electrons. The van der Waals surface area contributed by atoms with Gasteiger partial charge < -0.3 is 9.64 Å². The fraction of sp³-hybridized carbons (Fsp3) is 0.500. The molecule has 2 fully saturated rings. The zero-order valence-electron chi connectivity index (χ0n) is 25.4. The molecule has 44 heavy (non-hydrogen) atoms. The first kappa shape index (κ1) is 32.1. The van der Waals surface area contributed by atoms with Crippen LogP contribution < -0.4 is 14.4 Å². The summed E-state index contributed by atoms with van der Waals surface area (Å²) in [7, 11) is -5.38. The highest BCUT2D eigenvalue weighted by molar-refractivity contribution is 8.33. The highest BCUT2D eigenvalue weighted by Gasteiger charge is 2.62. The monoisotopic (exact) mass is 653 g/mol. The third-order valence-electron chi connectivity index (χ3n) is 8.84. The third-order valence-corrected chi connectivity index (χ3v) is 13.2. The number of hydrogen-bond donors (Lipinski definition) is 1. The Morgan fingerprint density at radius 1 is 1.09 bits per heavy atom. The molecule has 1 saturated carbocycles. The number of carbonyl (C=O) groups is 1. The fourth-order valence-corrected chi connectivity index (χ4v) is 8.28. The van der Waals surface area contributed by atoms with Crippen molar-refractivity contribution in [1.82, 2.24) is 19.5 Å². The zero-order valence-corrected chi connectivity index (χ0v) is 27.0. The molecule has 1 N–H and O–H groups in total. The van der Waals surface area contributed by atoms with E-state index in [-0.39, 0.29) is 53.0 Å². The van der Waals surface area contributed by atoms with E-state index in [0.29, 0.717) is 18.2 Å². The quantitative estimate of drug-likeness (QED) is 0.297. The molecule has 1 aliphatic heterocycles. The van der Waals surface area contributed by atoms with Gasteiger partial charge in [-0.2, -0.15) is 13.2 Å². The van der Waals surface area contributed by atoms with Gasteiger partial charge in [-0.25, -0.2) is 32.8 Å². The molecule has 0 unspecified atom stereocenters. The van der Waals surface area contributed by atoms with Gasteiger partial charge in [0, 0.05) is 18.8 Å². The van der Waals surface area contributed by atoms with E-state index in [1.165, 1.54) is 22.9 Å². The van der Waals surface area contributed by atoms with Crippen LogP contribution in [-0.2, 0) is 10.0 Å². The Kier molecular flexibility index (Phi) is 8.23. The van der Waals surface area contributed by atoms with E-state index in [1.54, 1.807) is 36.5 Å².